The smallest absolute Gasteiger partial charge is 0.320 e. The number of carbonyl (C=O) groups excluding carboxylic acids is 2. The number of nitrogens with one attached hydrogen (secondary N) is 3. The van der Waals surface area contributed by atoms with Crippen molar-refractivity contribution in [2.45, 2.75) is 20.4 Å². The summed E-state index contributed by atoms with van der Waals surface area (Å²) in [5.41, 5.74) is 2.96. The number of rotatable bonds is 5. The van der Waals surface area contributed by atoms with E-state index >= 15 is 0 Å². The van der Waals surface area contributed by atoms with Crippen molar-refractivity contribution >= 4 is 28.5 Å². The lowest BCUT2D eigenvalue weighted by Gasteiger charge is -2.13. The molecule has 0 aliphatic rings. The van der Waals surface area contributed by atoms with Crippen LogP contribution in [0.2, 0.25) is 0 Å². The Kier molecular flexibility index (Phi) is 5.61. The van der Waals surface area contributed by atoms with E-state index in [1.54, 1.807) is 18.6 Å². The third kappa shape index (κ3) is 4.38. The molecule has 0 unspecified atom stereocenters. The van der Waals surface area contributed by atoms with E-state index in [1.165, 1.54) is 6.92 Å². The van der Waals surface area contributed by atoms with Crippen LogP contribution in [0.25, 0.3) is 21.9 Å². The highest BCUT2D eigenvalue weighted by molar-refractivity contribution is 6.00. The van der Waals surface area contributed by atoms with Crippen LogP contribution >= 0.6 is 0 Å². The molecule has 0 fully saturated rings. The number of aromatic nitrogens is 2. The first kappa shape index (κ1) is 18.3. The van der Waals surface area contributed by atoms with E-state index in [0.717, 1.165) is 27.5 Å². The van der Waals surface area contributed by atoms with Crippen molar-refractivity contribution in [2.75, 3.05) is 11.9 Å². The predicted octanol–water partition coefficient (Wildman–Crippen LogP) is 3.07. The summed E-state index contributed by atoms with van der Waals surface area (Å²) in [7, 11) is 0. The summed E-state index contributed by atoms with van der Waals surface area (Å²) in [4.78, 5) is 31.5. The summed E-state index contributed by atoms with van der Waals surface area (Å²) in [5.74, 6) is 0.365. The third-order valence-corrected chi connectivity index (χ3v) is 4.09. The van der Waals surface area contributed by atoms with E-state index in [4.69, 9.17) is 0 Å². The first-order chi connectivity index (χ1) is 13.1. The second-order valence-electron chi connectivity index (χ2n) is 6.02. The van der Waals surface area contributed by atoms with Crippen LogP contribution in [0.5, 0.6) is 0 Å². The number of hydrogen-bond donors (Lipinski definition) is 3. The van der Waals surface area contributed by atoms with Gasteiger partial charge in [-0.15, -0.1) is 0 Å². The Balaban J connectivity index is 2.09. The Labute approximate surface area is 157 Å². The first-order valence-corrected chi connectivity index (χ1v) is 8.69. The summed E-state index contributed by atoms with van der Waals surface area (Å²) in [6.07, 6.45) is 5.20. The van der Waals surface area contributed by atoms with Gasteiger partial charge >= 0.3 is 6.03 Å². The quantitative estimate of drug-likeness (QED) is 0.649. The SMILES string of the molecule is CCNC(=O)Nc1cc2c(-c3ccncc3)ccc(CNC(C)=O)c2cn1. The van der Waals surface area contributed by atoms with E-state index in [-0.39, 0.29) is 11.9 Å². The number of benzene rings is 1. The average molecular weight is 363 g/mol. The van der Waals surface area contributed by atoms with Gasteiger partial charge < -0.3 is 10.6 Å². The lowest BCUT2D eigenvalue weighted by atomic mass is 9.96. The monoisotopic (exact) mass is 363 g/mol. The van der Waals surface area contributed by atoms with Crippen molar-refractivity contribution in [1.29, 1.82) is 0 Å². The largest absolute Gasteiger partial charge is 0.352 e. The minimum atomic E-state index is -0.302. The molecule has 0 aliphatic carbocycles. The molecule has 138 valence electrons. The van der Waals surface area contributed by atoms with E-state index in [0.29, 0.717) is 18.9 Å². The summed E-state index contributed by atoms with van der Waals surface area (Å²) in [6, 6.07) is 9.39. The maximum absolute atomic E-state index is 11.8. The number of carbonyl (C=O) groups is 2. The van der Waals surface area contributed by atoms with E-state index in [2.05, 4.69) is 25.9 Å². The lowest BCUT2D eigenvalue weighted by molar-refractivity contribution is -0.119. The van der Waals surface area contributed by atoms with E-state index in [9.17, 15) is 9.59 Å². The number of urea groups is 1. The third-order valence-electron chi connectivity index (χ3n) is 4.09. The van der Waals surface area contributed by atoms with Crippen LogP contribution in [0, 0.1) is 0 Å². The van der Waals surface area contributed by atoms with Gasteiger partial charge in [0.05, 0.1) is 0 Å². The fourth-order valence-electron chi connectivity index (χ4n) is 2.84. The second kappa shape index (κ2) is 8.27. The molecule has 2 heterocycles. The van der Waals surface area contributed by atoms with Crippen LogP contribution in [0.4, 0.5) is 10.6 Å². The highest BCUT2D eigenvalue weighted by Gasteiger charge is 2.11. The van der Waals surface area contributed by atoms with Crippen LogP contribution in [0.1, 0.15) is 19.4 Å². The minimum absolute atomic E-state index is 0.0937. The van der Waals surface area contributed by atoms with Crippen LogP contribution < -0.4 is 16.0 Å². The Bertz CT molecular complexity index is 973. The summed E-state index contributed by atoms with van der Waals surface area (Å²) < 4.78 is 0. The van der Waals surface area contributed by atoms with Crippen LogP contribution in [0.3, 0.4) is 0 Å². The topological polar surface area (TPSA) is 96.0 Å². The molecule has 7 heteroatoms. The van der Waals surface area contributed by atoms with Gasteiger partial charge in [-0.1, -0.05) is 12.1 Å². The number of hydrogen-bond acceptors (Lipinski definition) is 4. The Morgan fingerprint density at radius 3 is 2.52 bits per heavy atom. The molecule has 3 aromatic rings. The maximum Gasteiger partial charge on any atom is 0.320 e. The summed E-state index contributed by atoms with van der Waals surface area (Å²) >= 11 is 0. The maximum atomic E-state index is 11.8. The van der Waals surface area contributed by atoms with Crippen LogP contribution in [-0.2, 0) is 11.3 Å². The van der Waals surface area contributed by atoms with Crippen molar-refractivity contribution in [2.24, 2.45) is 0 Å². The average Bonchev–Trinajstić information content (AvgIpc) is 2.66. The molecule has 0 bridgehead atoms. The molecule has 7 nitrogen and oxygen atoms in total. The van der Waals surface area contributed by atoms with Gasteiger partial charge in [0.1, 0.15) is 5.82 Å². The number of amides is 3. The summed E-state index contributed by atoms with van der Waals surface area (Å²) in [5, 5.41) is 10.1. The van der Waals surface area contributed by atoms with E-state index < -0.39 is 0 Å². The van der Waals surface area contributed by atoms with Gasteiger partial charge in [0.2, 0.25) is 5.91 Å². The first-order valence-electron chi connectivity index (χ1n) is 8.69. The van der Waals surface area contributed by atoms with Gasteiger partial charge in [0.25, 0.3) is 0 Å². The van der Waals surface area contributed by atoms with Gasteiger partial charge in [-0.05, 0) is 47.2 Å². The van der Waals surface area contributed by atoms with E-state index in [1.807, 2.05) is 37.3 Å². The highest BCUT2D eigenvalue weighted by Crippen LogP contribution is 2.31. The van der Waals surface area contributed by atoms with Gasteiger partial charge in [-0.3, -0.25) is 15.1 Å². The molecule has 0 radical (unpaired) electrons. The zero-order valence-corrected chi connectivity index (χ0v) is 15.2. The number of anilines is 1. The lowest BCUT2D eigenvalue weighted by Crippen LogP contribution is -2.28. The molecule has 0 spiro atoms. The van der Waals surface area contributed by atoms with Crippen molar-refractivity contribution < 1.29 is 9.59 Å². The summed E-state index contributed by atoms with van der Waals surface area (Å²) in [6.45, 7) is 4.28. The number of pyridine rings is 2. The molecule has 27 heavy (non-hydrogen) atoms. The fraction of sp³-hybridized carbons (Fsp3) is 0.200. The number of fused-ring (bicyclic) bond motifs is 1. The fourth-order valence-corrected chi connectivity index (χ4v) is 2.84. The van der Waals surface area contributed by atoms with Crippen LogP contribution in [-0.4, -0.2) is 28.5 Å². The minimum Gasteiger partial charge on any atom is -0.352 e. The number of nitrogens with zero attached hydrogens (tertiary/aromatic N) is 2. The molecule has 3 rings (SSSR count). The molecule has 3 amide bonds. The Morgan fingerprint density at radius 1 is 1.04 bits per heavy atom. The van der Waals surface area contributed by atoms with Crippen molar-refractivity contribution in [1.82, 2.24) is 20.6 Å². The molecular weight excluding hydrogens is 342 g/mol. The molecule has 0 saturated heterocycles. The molecule has 3 N–H and O–H groups in total. The molecule has 1 aromatic carbocycles. The van der Waals surface area contributed by atoms with Crippen molar-refractivity contribution in [3.8, 4) is 11.1 Å². The van der Waals surface area contributed by atoms with Gasteiger partial charge in [-0.25, -0.2) is 9.78 Å². The van der Waals surface area contributed by atoms with Crippen molar-refractivity contribution in [3.05, 3.63) is 54.5 Å². The van der Waals surface area contributed by atoms with Crippen LogP contribution in [0.15, 0.2) is 48.9 Å². The molecule has 0 saturated carbocycles. The van der Waals surface area contributed by atoms with Crippen molar-refractivity contribution in [3.63, 3.8) is 0 Å². The highest BCUT2D eigenvalue weighted by atomic mass is 16.2. The molecule has 0 atom stereocenters. The zero-order chi connectivity index (χ0) is 19.2. The predicted molar refractivity (Wildman–Crippen MR) is 105 cm³/mol. The Morgan fingerprint density at radius 2 is 1.81 bits per heavy atom. The standard InChI is InChI=1S/C20H21N5O2/c1-3-22-20(27)25-19-10-17-16(14-6-8-21-9-7-14)5-4-15(11-23-13(2)26)18(17)12-24-19/h4-10,12H,3,11H2,1-2H3,(H,23,26)(H2,22,24,25,27). The van der Waals surface area contributed by atoms with Gasteiger partial charge in [-0.2, -0.15) is 0 Å². The van der Waals surface area contributed by atoms with Gasteiger partial charge in [0.15, 0.2) is 0 Å². The molecular formula is C20H21N5O2. The Hall–Kier alpha value is -3.48. The van der Waals surface area contributed by atoms with Gasteiger partial charge in [0, 0.05) is 44.0 Å². The molecule has 0 aliphatic heterocycles. The molecule has 2 aromatic heterocycles. The second-order valence-corrected chi connectivity index (χ2v) is 6.02. The normalized spacial score (nSPS) is 10.4. The zero-order valence-electron chi connectivity index (χ0n) is 15.2.